The molecular formula is C18H16F4N4O2. The molecule has 0 N–H and O–H groups in total. The van der Waals surface area contributed by atoms with Gasteiger partial charge in [-0.15, -0.1) is 5.10 Å². The largest absolute Gasteiger partial charge is 0.461 e. The summed E-state index contributed by atoms with van der Waals surface area (Å²) in [5.74, 6) is -2.36. The van der Waals surface area contributed by atoms with Crippen molar-refractivity contribution >= 4 is 11.7 Å². The first-order chi connectivity index (χ1) is 13.1. The average Bonchev–Trinajstić information content (AvgIpc) is 3.04. The highest BCUT2D eigenvalue weighted by atomic mass is 19.4. The van der Waals surface area contributed by atoms with Crippen LogP contribution in [-0.2, 0) is 28.7 Å². The van der Waals surface area contributed by atoms with Crippen molar-refractivity contribution in [2.24, 2.45) is 0 Å². The van der Waals surface area contributed by atoms with Gasteiger partial charge < -0.3 is 4.74 Å². The van der Waals surface area contributed by atoms with Gasteiger partial charge in [-0.05, 0) is 43.5 Å². The van der Waals surface area contributed by atoms with E-state index in [1.165, 1.54) is 18.2 Å². The van der Waals surface area contributed by atoms with Crippen LogP contribution in [-0.4, -0.2) is 25.6 Å². The molecule has 3 rings (SSSR count). The molecule has 0 aliphatic carbocycles. The van der Waals surface area contributed by atoms with Gasteiger partial charge in [0.15, 0.2) is 0 Å². The van der Waals surface area contributed by atoms with Crippen LogP contribution in [0.25, 0.3) is 5.78 Å². The minimum Gasteiger partial charge on any atom is -0.461 e. The molecule has 148 valence electrons. The lowest BCUT2D eigenvalue weighted by Gasteiger charge is -2.10. The Kier molecular flexibility index (Phi) is 5.30. The molecular weight excluding hydrogens is 380 g/mol. The van der Waals surface area contributed by atoms with E-state index in [2.05, 4.69) is 15.1 Å². The van der Waals surface area contributed by atoms with Crippen molar-refractivity contribution in [3.8, 4) is 0 Å². The molecule has 2 heterocycles. The molecule has 0 fully saturated rings. The van der Waals surface area contributed by atoms with E-state index in [1.54, 1.807) is 19.9 Å². The van der Waals surface area contributed by atoms with Gasteiger partial charge in [-0.25, -0.2) is 13.9 Å². The van der Waals surface area contributed by atoms with E-state index < -0.39 is 23.8 Å². The SMILES string of the molecule is Cc1nc2nc(C(F)(F)F)nn2c(C)c1CCC(=O)OCc1cccc(F)c1. The smallest absolute Gasteiger partial charge is 0.453 e. The van der Waals surface area contributed by atoms with Crippen molar-refractivity contribution in [3.05, 3.63) is 58.4 Å². The summed E-state index contributed by atoms with van der Waals surface area (Å²) in [5.41, 5.74) is 1.99. The standard InChI is InChI=1S/C18H16F4N4O2/c1-10-14(6-7-15(27)28-9-12-4-3-5-13(19)8-12)11(2)26-17(23-10)24-16(25-26)18(20,21)22/h3-5,8H,6-7,9H2,1-2H3. The maximum absolute atomic E-state index is 13.1. The van der Waals surface area contributed by atoms with Crippen LogP contribution in [0.1, 0.15) is 34.8 Å². The van der Waals surface area contributed by atoms with Crippen LogP contribution < -0.4 is 0 Å². The van der Waals surface area contributed by atoms with Crippen molar-refractivity contribution in [1.82, 2.24) is 19.6 Å². The Morgan fingerprint density at radius 3 is 2.64 bits per heavy atom. The highest BCUT2D eigenvalue weighted by Gasteiger charge is 2.36. The van der Waals surface area contributed by atoms with Gasteiger partial charge in [0.2, 0.25) is 0 Å². The summed E-state index contributed by atoms with van der Waals surface area (Å²) < 4.78 is 57.7. The van der Waals surface area contributed by atoms with Gasteiger partial charge in [-0.1, -0.05) is 12.1 Å². The molecule has 0 aliphatic heterocycles. The molecule has 10 heteroatoms. The molecule has 0 radical (unpaired) electrons. The number of benzene rings is 1. The minimum absolute atomic E-state index is 0.00892. The zero-order valence-electron chi connectivity index (χ0n) is 15.0. The first-order valence-electron chi connectivity index (χ1n) is 8.35. The van der Waals surface area contributed by atoms with E-state index in [9.17, 15) is 22.4 Å². The second-order valence-electron chi connectivity index (χ2n) is 6.20. The number of aryl methyl sites for hydroxylation is 2. The summed E-state index contributed by atoms with van der Waals surface area (Å²) in [6.07, 6.45) is -4.47. The summed E-state index contributed by atoms with van der Waals surface area (Å²) in [6.45, 7) is 3.15. The summed E-state index contributed by atoms with van der Waals surface area (Å²) in [4.78, 5) is 19.4. The molecule has 0 spiro atoms. The fraction of sp³-hybridized carbons (Fsp3) is 0.333. The molecule has 0 saturated carbocycles. The predicted octanol–water partition coefficient (Wildman–Crippen LogP) is 3.58. The van der Waals surface area contributed by atoms with E-state index in [0.717, 1.165) is 4.52 Å². The monoisotopic (exact) mass is 396 g/mol. The maximum atomic E-state index is 13.1. The Morgan fingerprint density at radius 2 is 1.96 bits per heavy atom. The third-order valence-electron chi connectivity index (χ3n) is 4.17. The number of alkyl halides is 3. The average molecular weight is 396 g/mol. The Bertz CT molecular complexity index is 1030. The Morgan fingerprint density at radius 1 is 1.21 bits per heavy atom. The number of esters is 1. The van der Waals surface area contributed by atoms with Gasteiger partial charge >= 0.3 is 12.1 Å². The Balaban J connectivity index is 1.70. The molecule has 0 amide bonds. The van der Waals surface area contributed by atoms with Crippen LogP contribution in [0.3, 0.4) is 0 Å². The van der Waals surface area contributed by atoms with Crippen molar-refractivity contribution < 1.29 is 27.1 Å². The van der Waals surface area contributed by atoms with Crippen LogP contribution in [0.15, 0.2) is 24.3 Å². The van der Waals surface area contributed by atoms with E-state index in [-0.39, 0.29) is 25.2 Å². The Labute approximate surface area is 157 Å². The van der Waals surface area contributed by atoms with Gasteiger partial charge in [0.05, 0.1) is 0 Å². The van der Waals surface area contributed by atoms with Gasteiger partial charge in [-0.2, -0.15) is 18.2 Å². The van der Waals surface area contributed by atoms with Crippen LogP contribution in [0.4, 0.5) is 17.6 Å². The summed E-state index contributed by atoms with van der Waals surface area (Å²) in [6, 6.07) is 5.70. The number of fused-ring (bicyclic) bond motifs is 1. The first-order valence-corrected chi connectivity index (χ1v) is 8.35. The highest BCUT2D eigenvalue weighted by Crippen LogP contribution is 2.27. The van der Waals surface area contributed by atoms with E-state index in [4.69, 9.17) is 4.74 Å². The fourth-order valence-corrected chi connectivity index (χ4v) is 2.78. The number of nitrogens with zero attached hydrogens (tertiary/aromatic N) is 4. The highest BCUT2D eigenvalue weighted by molar-refractivity contribution is 5.69. The number of hydrogen-bond acceptors (Lipinski definition) is 5. The van der Waals surface area contributed by atoms with Crippen molar-refractivity contribution in [2.45, 2.75) is 39.5 Å². The number of aromatic nitrogens is 4. The third kappa shape index (κ3) is 4.26. The number of ether oxygens (including phenoxy) is 1. The number of carbonyl (C=O) groups excluding carboxylic acids is 1. The molecule has 6 nitrogen and oxygen atoms in total. The van der Waals surface area contributed by atoms with Crippen molar-refractivity contribution in [3.63, 3.8) is 0 Å². The van der Waals surface area contributed by atoms with Crippen molar-refractivity contribution in [1.29, 1.82) is 0 Å². The Hall–Kier alpha value is -3.04. The normalized spacial score (nSPS) is 11.8. The minimum atomic E-state index is -4.67. The molecule has 2 aromatic heterocycles. The zero-order chi connectivity index (χ0) is 20.5. The van der Waals surface area contributed by atoms with E-state index in [0.29, 0.717) is 22.5 Å². The lowest BCUT2D eigenvalue weighted by atomic mass is 10.1. The molecule has 0 atom stereocenters. The summed E-state index contributed by atoms with van der Waals surface area (Å²) in [5, 5.41) is 3.46. The van der Waals surface area contributed by atoms with E-state index in [1.807, 2.05) is 0 Å². The first kappa shape index (κ1) is 19.7. The van der Waals surface area contributed by atoms with Gasteiger partial charge in [-0.3, -0.25) is 4.79 Å². The van der Waals surface area contributed by atoms with Crippen LogP contribution in [0.5, 0.6) is 0 Å². The van der Waals surface area contributed by atoms with Gasteiger partial charge in [0.1, 0.15) is 12.4 Å². The summed E-state index contributed by atoms with van der Waals surface area (Å²) >= 11 is 0. The topological polar surface area (TPSA) is 69.4 Å². The zero-order valence-corrected chi connectivity index (χ0v) is 15.0. The molecule has 28 heavy (non-hydrogen) atoms. The van der Waals surface area contributed by atoms with Crippen molar-refractivity contribution in [2.75, 3.05) is 0 Å². The molecule has 0 unspecified atom stereocenters. The molecule has 0 aliphatic rings. The van der Waals surface area contributed by atoms with Crippen LogP contribution >= 0.6 is 0 Å². The second kappa shape index (κ2) is 7.53. The lowest BCUT2D eigenvalue weighted by Crippen LogP contribution is -2.11. The summed E-state index contributed by atoms with van der Waals surface area (Å²) in [7, 11) is 0. The van der Waals surface area contributed by atoms with E-state index >= 15 is 0 Å². The molecule has 0 saturated heterocycles. The van der Waals surface area contributed by atoms with Crippen LogP contribution in [0.2, 0.25) is 0 Å². The number of rotatable bonds is 5. The number of carbonyl (C=O) groups is 1. The maximum Gasteiger partial charge on any atom is 0.453 e. The third-order valence-corrected chi connectivity index (χ3v) is 4.17. The lowest BCUT2D eigenvalue weighted by molar-refractivity contribution is -0.145. The molecule has 1 aromatic carbocycles. The fourth-order valence-electron chi connectivity index (χ4n) is 2.78. The van der Waals surface area contributed by atoms with Crippen LogP contribution in [0, 0.1) is 19.7 Å². The van der Waals surface area contributed by atoms with Gasteiger partial charge in [0, 0.05) is 17.8 Å². The van der Waals surface area contributed by atoms with Gasteiger partial charge in [0.25, 0.3) is 11.6 Å². The number of halogens is 4. The predicted molar refractivity (Wildman–Crippen MR) is 89.8 cm³/mol. The quantitative estimate of drug-likeness (QED) is 0.487. The molecule has 3 aromatic rings. The molecule has 0 bridgehead atoms. The number of hydrogen-bond donors (Lipinski definition) is 0. The second-order valence-corrected chi connectivity index (χ2v) is 6.20.